The van der Waals surface area contributed by atoms with E-state index in [4.69, 9.17) is 0 Å². The Bertz CT molecular complexity index is 92.2. The fourth-order valence-electron chi connectivity index (χ4n) is 1.49. The van der Waals surface area contributed by atoms with Crippen LogP contribution in [0.2, 0.25) is 0 Å². The predicted molar refractivity (Wildman–Crippen MR) is 41.4 cm³/mol. The Labute approximate surface area is 58.0 Å². The van der Waals surface area contributed by atoms with Crippen molar-refractivity contribution in [1.82, 2.24) is 0 Å². The largest absolute Gasteiger partial charge is 0.0883 e. The molecule has 1 rings (SSSR count). The summed E-state index contributed by atoms with van der Waals surface area (Å²) in [5, 5.41) is 0. The van der Waals surface area contributed by atoms with Gasteiger partial charge in [0.1, 0.15) is 0 Å². The number of rotatable bonds is 2. The first-order valence-corrected chi connectivity index (χ1v) is 4.10. The van der Waals surface area contributed by atoms with E-state index < -0.39 is 0 Å². The summed E-state index contributed by atoms with van der Waals surface area (Å²) < 4.78 is 0. The van der Waals surface area contributed by atoms with Crippen LogP contribution in [0.1, 0.15) is 39.0 Å². The fraction of sp³-hybridized carbons (Fsp3) is 0.778. The van der Waals surface area contributed by atoms with Gasteiger partial charge in [-0.15, -0.1) is 0 Å². The Morgan fingerprint density at radius 3 is 3.00 bits per heavy atom. The lowest BCUT2D eigenvalue weighted by atomic mass is 9.92. The molecule has 0 radical (unpaired) electrons. The molecule has 0 amide bonds. The Kier molecular flexibility index (Phi) is 2.82. The van der Waals surface area contributed by atoms with Crippen LogP contribution in [-0.2, 0) is 0 Å². The zero-order valence-corrected chi connectivity index (χ0v) is 6.27. The summed E-state index contributed by atoms with van der Waals surface area (Å²) in [6, 6.07) is 0. The van der Waals surface area contributed by atoms with Crippen molar-refractivity contribution in [3.8, 4) is 0 Å². The van der Waals surface area contributed by atoms with E-state index in [1.165, 1.54) is 32.1 Å². The average molecular weight is 124 g/mol. The highest BCUT2D eigenvalue weighted by atomic mass is 14.1. The minimum Gasteiger partial charge on any atom is -0.0883 e. The van der Waals surface area contributed by atoms with E-state index in [9.17, 15) is 0 Å². The van der Waals surface area contributed by atoms with Crippen molar-refractivity contribution in [3.63, 3.8) is 0 Å². The lowest BCUT2D eigenvalue weighted by molar-refractivity contribution is 0.500. The van der Waals surface area contributed by atoms with Gasteiger partial charge in [-0.2, -0.15) is 0 Å². The van der Waals surface area contributed by atoms with E-state index in [1.807, 2.05) is 0 Å². The topological polar surface area (TPSA) is 0 Å². The summed E-state index contributed by atoms with van der Waals surface area (Å²) in [7, 11) is 0. The molecule has 9 heavy (non-hydrogen) atoms. The van der Waals surface area contributed by atoms with Gasteiger partial charge in [-0.05, 0) is 31.6 Å². The molecular weight excluding hydrogens is 108 g/mol. The van der Waals surface area contributed by atoms with Gasteiger partial charge >= 0.3 is 0 Å². The Balaban J connectivity index is 2.23. The van der Waals surface area contributed by atoms with E-state index in [-0.39, 0.29) is 0 Å². The Hall–Kier alpha value is -0.260. The van der Waals surface area contributed by atoms with Crippen molar-refractivity contribution in [2.24, 2.45) is 5.92 Å². The minimum atomic E-state index is 0.920. The van der Waals surface area contributed by atoms with E-state index >= 15 is 0 Å². The third-order valence-electron chi connectivity index (χ3n) is 2.01. The van der Waals surface area contributed by atoms with Crippen LogP contribution in [0.5, 0.6) is 0 Å². The molecule has 0 bridgehead atoms. The summed E-state index contributed by atoms with van der Waals surface area (Å²) in [5.41, 5.74) is 0. The van der Waals surface area contributed by atoms with Crippen molar-refractivity contribution < 1.29 is 0 Å². The molecule has 0 saturated carbocycles. The van der Waals surface area contributed by atoms with Crippen molar-refractivity contribution in [1.29, 1.82) is 0 Å². The van der Waals surface area contributed by atoms with Gasteiger partial charge in [0.05, 0.1) is 0 Å². The maximum atomic E-state index is 2.40. The third kappa shape index (κ3) is 2.21. The van der Waals surface area contributed by atoms with Crippen LogP contribution in [0.4, 0.5) is 0 Å². The highest BCUT2D eigenvalue weighted by molar-refractivity contribution is 4.92. The lowest BCUT2D eigenvalue weighted by Gasteiger charge is -2.14. The van der Waals surface area contributed by atoms with Crippen LogP contribution in [-0.4, -0.2) is 0 Å². The van der Waals surface area contributed by atoms with Crippen LogP contribution in [0, 0.1) is 5.92 Å². The van der Waals surface area contributed by atoms with Gasteiger partial charge < -0.3 is 0 Å². The van der Waals surface area contributed by atoms with Gasteiger partial charge in [-0.25, -0.2) is 0 Å². The van der Waals surface area contributed by atoms with Crippen molar-refractivity contribution >= 4 is 0 Å². The smallest absolute Gasteiger partial charge is 0.0234 e. The van der Waals surface area contributed by atoms with E-state index in [0.29, 0.717) is 0 Å². The second-order valence-corrected chi connectivity index (χ2v) is 2.91. The molecule has 0 heterocycles. The summed E-state index contributed by atoms with van der Waals surface area (Å²) in [6.07, 6.45) is 11.6. The normalized spacial score (nSPS) is 26.6. The van der Waals surface area contributed by atoms with Crippen LogP contribution in [0.3, 0.4) is 0 Å². The second kappa shape index (κ2) is 3.71. The summed E-state index contributed by atoms with van der Waals surface area (Å²) in [5.74, 6) is 0.920. The van der Waals surface area contributed by atoms with Crippen LogP contribution < -0.4 is 0 Å². The monoisotopic (exact) mass is 124 g/mol. The molecule has 52 valence electrons. The van der Waals surface area contributed by atoms with Gasteiger partial charge in [0.15, 0.2) is 0 Å². The summed E-state index contributed by atoms with van der Waals surface area (Å²) >= 11 is 0. The zero-order chi connectivity index (χ0) is 6.53. The van der Waals surface area contributed by atoms with E-state index in [2.05, 4.69) is 19.1 Å². The van der Waals surface area contributed by atoms with Crippen LogP contribution in [0.25, 0.3) is 0 Å². The number of hydrogen-bond donors (Lipinski definition) is 0. The maximum Gasteiger partial charge on any atom is -0.0234 e. The minimum absolute atomic E-state index is 0.920. The predicted octanol–water partition coefficient (Wildman–Crippen LogP) is 3.14. The summed E-state index contributed by atoms with van der Waals surface area (Å²) in [4.78, 5) is 0. The average Bonchev–Trinajstić information content (AvgIpc) is 1.91. The maximum absolute atomic E-state index is 2.40. The number of hydrogen-bond acceptors (Lipinski definition) is 0. The SMILES string of the molecule is CCCC1C=CCCC1. The molecule has 1 aliphatic rings. The van der Waals surface area contributed by atoms with Crippen LogP contribution in [0.15, 0.2) is 12.2 Å². The standard InChI is InChI=1S/C9H16/c1-2-6-9-7-4-3-5-8-9/h4,7,9H,2-3,5-6,8H2,1H3. The Morgan fingerprint density at radius 2 is 2.44 bits per heavy atom. The van der Waals surface area contributed by atoms with Crippen molar-refractivity contribution in [2.45, 2.75) is 39.0 Å². The molecule has 0 aliphatic heterocycles. The van der Waals surface area contributed by atoms with Gasteiger partial charge in [0.25, 0.3) is 0 Å². The van der Waals surface area contributed by atoms with E-state index in [0.717, 1.165) is 5.92 Å². The molecule has 0 aromatic carbocycles. The van der Waals surface area contributed by atoms with Gasteiger partial charge in [0, 0.05) is 0 Å². The molecule has 0 spiro atoms. The molecule has 0 aromatic rings. The highest BCUT2D eigenvalue weighted by Gasteiger charge is 2.05. The van der Waals surface area contributed by atoms with Gasteiger partial charge in [-0.1, -0.05) is 25.5 Å². The van der Waals surface area contributed by atoms with E-state index in [1.54, 1.807) is 0 Å². The third-order valence-corrected chi connectivity index (χ3v) is 2.01. The molecule has 0 saturated heterocycles. The van der Waals surface area contributed by atoms with Gasteiger partial charge in [-0.3, -0.25) is 0 Å². The quantitative estimate of drug-likeness (QED) is 0.496. The molecule has 1 atom stereocenters. The molecular formula is C9H16. The lowest BCUT2D eigenvalue weighted by Crippen LogP contribution is -1.99. The highest BCUT2D eigenvalue weighted by Crippen LogP contribution is 2.20. The first-order valence-electron chi connectivity index (χ1n) is 4.10. The summed E-state index contributed by atoms with van der Waals surface area (Å²) in [6.45, 7) is 2.27. The first kappa shape index (κ1) is 6.85. The molecule has 0 nitrogen and oxygen atoms in total. The molecule has 0 heteroatoms. The number of allylic oxidation sites excluding steroid dienone is 2. The molecule has 0 aromatic heterocycles. The van der Waals surface area contributed by atoms with Crippen molar-refractivity contribution in [2.75, 3.05) is 0 Å². The molecule has 1 unspecified atom stereocenters. The van der Waals surface area contributed by atoms with Crippen LogP contribution >= 0.6 is 0 Å². The molecule has 1 aliphatic carbocycles. The fourth-order valence-corrected chi connectivity index (χ4v) is 1.49. The zero-order valence-electron chi connectivity index (χ0n) is 6.27. The van der Waals surface area contributed by atoms with Gasteiger partial charge in [0.2, 0.25) is 0 Å². The molecule has 0 fully saturated rings. The molecule has 0 N–H and O–H groups in total. The Morgan fingerprint density at radius 1 is 1.56 bits per heavy atom. The van der Waals surface area contributed by atoms with Crippen molar-refractivity contribution in [3.05, 3.63) is 12.2 Å². The first-order chi connectivity index (χ1) is 4.43. The second-order valence-electron chi connectivity index (χ2n) is 2.91.